The highest BCUT2D eigenvalue weighted by molar-refractivity contribution is 8.13. The Morgan fingerprint density at radius 1 is 1.47 bits per heavy atom. The van der Waals surface area contributed by atoms with Crippen molar-refractivity contribution < 1.29 is 26.5 Å². The van der Waals surface area contributed by atoms with Crippen LogP contribution >= 0.6 is 10.7 Å². The molecule has 0 saturated heterocycles. The van der Waals surface area contributed by atoms with Crippen LogP contribution in [0.1, 0.15) is 12.1 Å². The Morgan fingerprint density at radius 3 is 2.35 bits per heavy atom. The molecule has 17 heavy (non-hydrogen) atoms. The van der Waals surface area contributed by atoms with Gasteiger partial charge in [0.05, 0.1) is 4.92 Å². The molecule has 0 amide bonds. The molecule has 0 spiro atoms. The van der Waals surface area contributed by atoms with Gasteiger partial charge in [0.1, 0.15) is 4.90 Å². The normalized spacial score (nSPS) is 11.8. The predicted molar refractivity (Wildman–Crippen MR) is 48.8 cm³/mol. The summed E-state index contributed by atoms with van der Waals surface area (Å²) in [7, 11) is 0.108. The third-order valence-electron chi connectivity index (χ3n) is 1.62. The number of rotatable bonds is 3. The summed E-state index contributed by atoms with van der Waals surface area (Å²) in [6.07, 6.45) is -3.42. The summed E-state index contributed by atoms with van der Waals surface area (Å²) in [6, 6.07) is 0.103. The molecule has 0 atom stereocenters. The number of pyridine rings is 1. The van der Waals surface area contributed by atoms with E-state index in [2.05, 4.69) is 4.98 Å². The fourth-order valence-corrected chi connectivity index (χ4v) is 1.78. The van der Waals surface area contributed by atoms with Gasteiger partial charge in [0.2, 0.25) is 5.95 Å². The van der Waals surface area contributed by atoms with E-state index in [1.165, 1.54) is 0 Å². The summed E-state index contributed by atoms with van der Waals surface area (Å²) in [5, 5.41) is 10.4. The Bertz CT molecular complexity index is 577. The molecule has 0 aliphatic heterocycles. The molecule has 0 unspecified atom stereocenters. The molecule has 1 heterocycles. The second kappa shape index (κ2) is 4.45. The summed E-state index contributed by atoms with van der Waals surface area (Å²) in [6.45, 7) is 0. The first kappa shape index (κ1) is 13.6. The van der Waals surface area contributed by atoms with E-state index in [1.54, 1.807) is 0 Å². The van der Waals surface area contributed by atoms with E-state index in [0.29, 0.717) is 0 Å². The van der Waals surface area contributed by atoms with Crippen molar-refractivity contribution in [2.24, 2.45) is 0 Å². The molecule has 0 N–H and O–H groups in total. The minimum atomic E-state index is -4.65. The van der Waals surface area contributed by atoms with Gasteiger partial charge in [0, 0.05) is 16.7 Å². The molecule has 0 bridgehead atoms. The van der Waals surface area contributed by atoms with Crippen LogP contribution in [0.3, 0.4) is 0 Å². The number of hydrogen-bond donors (Lipinski definition) is 0. The van der Waals surface area contributed by atoms with Gasteiger partial charge in [-0.1, -0.05) is 0 Å². The third kappa shape index (κ3) is 2.82. The predicted octanol–water partition coefficient (Wildman–Crippen LogP) is 1.99. The number of nitro groups is 1. The summed E-state index contributed by atoms with van der Waals surface area (Å²) in [5.74, 6) is -1.82. The highest BCUT2D eigenvalue weighted by Crippen LogP contribution is 2.31. The van der Waals surface area contributed by atoms with Gasteiger partial charge in [-0.2, -0.15) is 4.39 Å². The minimum Gasteiger partial charge on any atom is -0.258 e. The van der Waals surface area contributed by atoms with E-state index < -0.39 is 42.6 Å². The highest BCUT2D eigenvalue weighted by atomic mass is 35.7. The van der Waals surface area contributed by atoms with Gasteiger partial charge < -0.3 is 0 Å². The highest BCUT2D eigenvalue weighted by Gasteiger charge is 2.30. The quantitative estimate of drug-likeness (QED) is 0.367. The van der Waals surface area contributed by atoms with Gasteiger partial charge in [-0.3, -0.25) is 10.1 Å². The van der Waals surface area contributed by atoms with E-state index in [4.69, 9.17) is 10.7 Å². The van der Waals surface area contributed by atoms with Crippen molar-refractivity contribution in [3.8, 4) is 0 Å². The van der Waals surface area contributed by atoms with Crippen molar-refractivity contribution in [1.29, 1.82) is 0 Å². The van der Waals surface area contributed by atoms with Crippen LogP contribution in [0, 0.1) is 16.1 Å². The van der Waals surface area contributed by atoms with Crippen LogP contribution in [0.25, 0.3) is 0 Å². The van der Waals surface area contributed by atoms with Crippen LogP contribution in [0.4, 0.5) is 18.9 Å². The Kier molecular flexibility index (Phi) is 3.57. The molecular weight excluding hydrogens is 289 g/mol. The van der Waals surface area contributed by atoms with Gasteiger partial charge in [-0.25, -0.2) is 22.2 Å². The molecule has 0 aromatic carbocycles. The van der Waals surface area contributed by atoms with E-state index in [0.717, 1.165) is 0 Å². The first-order valence-electron chi connectivity index (χ1n) is 3.72. The molecule has 0 fully saturated rings. The summed E-state index contributed by atoms with van der Waals surface area (Å²) in [5.41, 5.74) is -2.78. The molecule has 0 aliphatic carbocycles. The maximum atomic E-state index is 13.0. The lowest BCUT2D eigenvalue weighted by Crippen LogP contribution is -2.06. The van der Waals surface area contributed by atoms with Gasteiger partial charge in [0.15, 0.2) is 5.69 Å². The second-order valence-electron chi connectivity index (χ2n) is 2.68. The fraction of sp³-hybridized carbons (Fsp3) is 0.167. The number of hydrogen-bond acceptors (Lipinski definition) is 5. The molecule has 1 aromatic heterocycles. The van der Waals surface area contributed by atoms with Crippen molar-refractivity contribution in [2.75, 3.05) is 0 Å². The van der Waals surface area contributed by atoms with Crippen molar-refractivity contribution in [3.05, 3.63) is 27.8 Å². The molecule has 11 heteroatoms. The van der Waals surface area contributed by atoms with Crippen LogP contribution in [-0.4, -0.2) is 18.3 Å². The Hall–Kier alpha value is -1.42. The van der Waals surface area contributed by atoms with Crippen LogP contribution in [-0.2, 0) is 9.05 Å². The Morgan fingerprint density at radius 2 is 2.00 bits per heavy atom. The van der Waals surface area contributed by atoms with Gasteiger partial charge in [-0.05, 0) is 0 Å². The monoisotopic (exact) mass is 290 g/mol. The maximum absolute atomic E-state index is 13.0. The van der Waals surface area contributed by atoms with Crippen LogP contribution < -0.4 is 0 Å². The Balaban J connectivity index is 3.63. The van der Waals surface area contributed by atoms with Crippen molar-refractivity contribution >= 4 is 25.4 Å². The first-order chi connectivity index (χ1) is 7.64. The lowest BCUT2D eigenvalue weighted by atomic mass is 10.3. The van der Waals surface area contributed by atoms with Crippen LogP contribution in [0.2, 0.25) is 0 Å². The zero-order chi connectivity index (χ0) is 13.4. The standard InChI is InChI=1S/C6H2ClF3N2O4S/c7-17(15,16)3-1-2(12(13)14)4(5(8)9)11-6(3)10/h1,5H. The SMILES string of the molecule is O=[N+]([O-])c1cc(S(=O)(=O)Cl)c(F)nc1C(F)F. The van der Waals surface area contributed by atoms with E-state index in [1.807, 2.05) is 0 Å². The fourth-order valence-electron chi connectivity index (χ4n) is 0.954. The summed E-state index contributed by atoms with van der Waals surface area (Å²) in [4.78, 5) is 10.3. The third-order valence-corrected chi connectivity index (χ3v) is 2.93. The molecule has 0 aliphatic rings. The van der Waals surface area contributed by atoms with E-state index in [-0.39, 0.29) is 6.07 Å². The van der Waals surface area contributed by atoms with E-state index >= 15 is 0 Å². The zero-order valence-corrected chi connectivity index (χ0v) is 9.17. The molecule has 6 nitrogen and oxygen atoms in total. The lowest BCUT2D eigenvalue weighted by Gasteiger charge is -2.03. The van der Waals surface area contributed by atoms with Crippen LogP contribution in [0.5, 0.6) is 0 Å². The first-order valence-corrected chi connectivity index (χ1v) is 6.03. The van der Waals surface area contributed by atoms with Gasteiger partial charge in [-0.15, -0.1) is 0 Å². The van der Waals surface area contributed by atoms with Gasteiger partial charge >= 0.3 is 0 Å². The summed E-state index contributed by atoms with van der Waals surface area (Å²) >= 11 is 0. The number of halogens is 4. The largest absolute Gasteiger partial charge is 0.298 e. The average molecular weight is 291 g/mol. The Labute approximate surface area is 96.6 Å². The molecule has 0 radical (unpaired) electrons. The van der Waals surface area contributed by atoms with Crippen molar-refractivity contribution in [1.82, 2.24) is 4.98 Å². The zero-order valence-electron chi connectivity index (χ0n) is 7.60. The van der Waals surface area contributed by atoms with Gasteiger partial charge in [0.25, 0.3) is 21.2 Å². The number of nitrogens with zero attached hydrogens (tertiary/aromatic N) is 2. The molecular formula is C6H2ClF3N2O4S. The molecule has 94 valence electrons. The molecule has 1 aromatic rings. The summed E-state index contributed by atoms with van der Waals surface area (Å²) < 4.78 is 59.1. The molecule has 1 rings (SSSR count). The second-order valence-corrected chi connectivity index (χ2v) is 5.21. The maximum Gasteiger partial charge on any atom is 0.298 e. The molecule has 0 saturated carbocycles. The lowest BCUT2D eigenvalue weighted by molar-refractivity contribution is -0.386. The van der Waals surface area contributed by atoms with Crippen molar-refractivity contribution in [3.63, 3.8) is 0 Å². The topological polar surface area (TPSA) is 90.2 Å². The van der Waals surface area contributed by atoms with Crippen molar-refractivity contribution in [2.45, 2.75) is 11.3 Å². The average Bonchev–Trinajstić information content (AvgIpc) is 2.14. The minimum absolute atomic E-state index is 0.103. The number of alkyl halides is 2. The van der Waals surface area contributed by atoms with Crippen LogP contribution in [0.15, 0.2) is 11.0 Å². The van der Waals surface area contributed by atoms with E-state index in [9.17, 15) is 31.7 Å². The number of aromatic nitrogens is 1. The smallest absolute Gasteiger partial charge is 0.258 e.